The molecule has 7 nitrogen and oxygen atoms in total. The van der Waals surface area contributed by atoms with Gasteiger partial charge in [-0.15, -0.1) is 0 Å². The molecule has 0 atom stereocenters. The number of nitrogens with one attached hydrogen (secondary N) is 1. The maximum Gasteiger partial charge on any atom is 0.259 e. The van der Waals surface area contributed by atoms with Crippen LogP contribution in [0.25, 0.3) is 22.6 Å². The molecule has 0 unspecified atom stereocenters. The van der Waals surface area contributed by atoms with Crippen molar-refractivity contribution in [3.8, 4) is 11.5 Å². The van der Waals surface area contributed by atoms with E-state index in [1.165, 1.54) is 119 Å². The topological polar surface area (TPSA) is 92.5 Å². The number of anilines is 2. The number of amides is 1. The Bertz CT molecular complexity index is 2110. The van der Waals surface area contributed by atoms with Gasteiger partial charge in [-0.1, -0.05) is 95.9 Å². The van der Waals surface area contributed by atoms with E-state index in [0.29, 0.717) is 40.6 Å². The van der Waals surface area contributed by atoms with Crippen molar-refractivity contribution in [2.24, 2.45) is 5.92 Å². The maximum atomic E-state index is 13.4. The second-order valence-corrected chi connectivity index (χ2v) is 16.4. The number of Topliss-reactive ketones (excluding diaryl/α,β-unsaturated/α-hetero) is 1. The fraction of sp³-hybridized carbons (Fsp3) is 0.469. The van der Waals surface area contributed by atoms with E-state index in [4.69, 9.17) is 9.40 Å². The predicted molar refractivity (Wildman–Crippen MR) is 229 cm³/mol. The number of aromatic nitrogens is 1. The summed E-state index contributed by atoms with van der Waals surface area (Å²) >= 11 is 0. The quantitative estimate of drug-likeness (QED) is 0.0577. The predicted octanol–water partition coefficient (Wildman–Crippen LogP) is 11.9. The molecule has 1 saturated carbocycles. The van der Waals surface area contributed by atoms with Crippen LogP contribution >= 0.6 is 0 Å². The number of nitrogens with zero attached hydrogens (tertiary/aromatic N) is 2. The summed E-state index contributed by atoms with van der Waals surface area (Å²) in [5.41, 5.74) is 7.31. The van der Waals surface area contributed by atoms with Gasteiger partial charge in [-0.3, -0.25) is 14.4 Å². The Hall–Kier alpha value is -4.78. The molecule has 0 spiro atoms. The summed E-state index contributed by atoms with van der Waals surface area (Å²) in [6.45, 7) is 6.60. The average molecular weight is 754 g/mol. The molecule has 3 aromatic rings. The molecule has 1 amide bonds. The van der Waals surface area contributed by atoms with E-state index >= 15 is 0 Å². The number of benzene rings is 4. The van der Waals surface area contributed by atoms with Crippen molar-refractivity contribution in [3.63, 3.8) is 0 Å². The summed E-state index contributed by atoms with van der Waals surface area (Å²) in [5.74, 6) is 1.36. The van der Waals surface area contributed by atoms with Crippen molar-refractivity contribution in [1.82, 2.24) is 4.98 Å². The number of carbonyl (C=O) groups excluding carboxylic acids is 2. The van der Waals surface area contributed by atoms with Crippen molar-refractivity contribution in [3.05, 3.63) is 111 Å². The molecule has 0 bridgehead atoms. The highest BCUT2D eigenvalue weighted by atomic mass is 16.3. The lowest BCUT2D eigenvalue weighted by Crippen LogP contribution is -2.30. The lowest BCUT2D eigenvalue weighted by Gasteiger charge is -2.31. The Morgan fingerprint density at radius 2 is 1.55 bits per heavy atom. The largest absolute Gasteiger partial charge is 0.453 e. The molecule has 1 N–H and O–H groups in total. The number of carbonyl (C=O) groups is 2. The first kappa shape index (κ1) is 39.5. The highest BCUT2D eigenvalue weighted by Crippen LogP contribution is 2.38. The summed E-state index contributed by atoms with van der Waals surface area (Å²) < 4.78 is 6.25. The number of hydrogen-bond donors (Lipinski definition) is 1. The van der Waals surface area contributed by atoms with Crippen LogP contribution in [0.4, 0.5) is 11.4 Å². The van der Waals surface area contributed by atoms with E-state index < -0.39 is 11.3 Å². The molecule has 0 aromatic heterocycles. The molecule has 56 heavy (non-hydrogen) atoms. The minimum atomic E-state index is -0.529. The number of fused-ring (bicyclic) bond motifs is 3. The number of rotatable bonds is 17. The molecule has 1 fully saturated rings. The van der Waals surface area contributed by atoms with Crippen LogP contribution in [0.3, 0.4) is 0 Å². The smallest absolute Gasteiger partial charge is 0.259 e. The fourth-order valence-corrected chi connectivity index (χ4v) is 8.98. The van der Waals surface area contributed by atoms with Crippen molar-refractivity contribution in [2.45, 2.75) is 129 Å². The highest BCUT2D eigenvalue weighted by molar-refractivity contribution is 6.05. The minimum Gasteiger partial charge on any atom is -0.453 e. The summed E-state index contributed by atoms with van der Waals surface area (Å²) in [4.78, 5) is 47.0. The van der Waals surface area contributed by atoms with Crippen LogP contribution in [0, 0.1) is 5.92 Å². The van der Waals surface area contributed by atoms with Gasteiger partial charge in [0.25, 0.3) is 5.91 Å². The normalized spacial score (nSPS) is 16.9. The third-order valence-corrected chi connectivity index (χ3v) is 12.2. The molecular formula is C49H59N3O4. The molecular weight excluding hydrogens is 695 g/mol. The van der Waals surface area contributed by atoms with E-state index in [2.05, 4.69) is 60.5 Å². The Kier molecular flexibility index (Phi) is 13.3. The lowest BCUT2D eigenvalue weighted by molar-refractivity contribution is 0.0991. The van der Waals surface area contributed by atoms with Crippen molar-refractivity contribution >= 4 is 34.2 Å². The van der Waals surface area contributed by atoms with Crippen molar-refractivity contribution < 1.29 is 14.0 Å². The van der Waals surface area contributed by atoms with Crippen LogP contribution in [0.5, 0.6) is 0 Å². The zero-order valence-electron chi connectivity index (χ0n) is 33.5. The standard InChI is InChI=1S/C49H59N3O4/c1-3-5-6-7-8-9-10-11-27-52-28-12-14-39-30-42-47(32-44(39)52)56-48-33-46(54)41(31-43(48)51-42)49(55)50-40-25-23-38(24-26-40)45(53)29-35-17-21-37(22-18-35)36-19-15-34(13-4-2)16-20-36/h17-18,21-26,30-34,36H,3-16,19-20,27-29H2,1-2H3,(H,50,55). The lowest BCUT2D eigenvalue weighted by atomic mass is 9.77. The van der Waals surface area contributed by atoms with Gasteiger partial charge in [-0.25, -0.2) is 4.98 Å². The molecule has 0 radical (unpaired) electrons. The van der Waals surface area contributed by atoms with E-state index in [1.807, 2.05) is 0 Å². The van der Waals surface area contributed by atoms with Gasteiger partial charge in [0.15, 0.2) is 22.6 Å². The van der Waals surface area contributed by atoms with Crippen molar-refractivity contribution in [1.29, 1.82) is 0 Å². The second kappa shape index (κ2) is 18.9. The maximum absolute atomic E-state index is 13.4. The second-order valence-electron chi connectivity index (χ2n) is 16.4. The zero-order chi connectivity index (χ0) is 38.9. The summed E-state index contributed by atoms with van der Waals surface area (Å²) in [5, 5.41) is 2.83. The SMILES string of the molecule is CCCCCCCCCCN1CCCc2cc3nc4cc(C(=O)Nc5ccc(C(=O)Cc6ccc(C7CCC(CCC)CC7)cc6)cc5)c(=O)cc-4oc3cc21. The van der Waals surface area contributed by atoms with E-state index in [1.54, 1.807) is 24.3 Å². The highest BCUT2D eigenvalue weighted by Gasteiger charge is 2.23. The average Bonchev–Trinajstić information content (AvgIpc) is 3.21. The van der Waals surface area contributed by atoms with Gasteiger partial charge in [0.05, 0.1) is 5.56 Å². The Morgan fingerprint density at radius 1 is 0.821 bits per heavy atom. The van der Waals surface area contributed by atoms with Gasteiger partial charge in [0, 0.05) is 48.6 Å². The molecule has 3 aromatic carbocycles. The van der Waals surface area contributed by atoms with Gasteiger partial charge >= 0.3 is 0 Å². The van der Waals surface area contributed by atoms with Gasteiger partial charge in [-0.2, -0.15) is 0 Å². The molecule has 7 rings (SSSR count). The summed E-state index contributed by atoms with van der Waals surface area (Å²) in [6, 6.07) is 22.5. The first-order chi connectivity index (χ1) is 27.4. The minimum absolute atomic E-state index is 0.00773. The van der Waals surface area contributed by atoms with Crippen LogP contribution in [0.15, 0.2) is 82.0 Å². The Balaban J connectivity index is 0.955. The molecule has 7 heteroatoms. The number of hydrogen-bond acceptors (Lipinski definition) is 6. The molecule has 2 aliphatic heterocycles. The van der Waals surface area contributed by atoms with Crippen LogP contribution in [0.1, 0.15) is 153 Å². The monoisotopic (exact) mass is 753 g/mol. The van der Waals surface area contributed by atoms with E-state index in [0.717, 1.165) is 42.9 Å². The number of ketones is 1. The van der Waals surface area contributed by atoms with E-state index in [9.17, 15) is 14.4 Å². The summed E-state index contributed by atoms with van der Waals surface area (Å²) in [6.07, 6.45) is 20.6. The third-order valence-electron chi connectivity index (χ3n) is 12.2. The Labute approximate surface area is 332 Å². The molecule has 294 valence electrons. The Morgan fingerprint density at radius 3 is 2.29 bits per heavy atom. The van der Waals surface area contributed by atoms with Crippen LogP contribution in [-0.2, 0) is 12.8 Å². The van der Waals surface area contributed by atoms with Crippen LogP contribution < -0.4 is 15.6 Å². The van der Waals surface area contributed by atoms with Crippen molar-refractivity contribution in [2.75, 3.05) is 23.3 Å². The first-order valence-corrected chi connectivity index (χ1v) is 21.6. The van der Waals surface area contributed by atoms with Crippen LogP contribution in [0.2, 0.25) is 0 Å². The van der Waals surface area contributed by atoms with Gasteiger partial charge < -0.3 is 14.6 Å². The molecule has 0 saturated heterocycles. The first-order valence-electron chi connectivity index (χ1n) is 21.6. The zero-order valence-corrected chi connectivity index (χ0v) is 33.5. The third kappa shape index (κ3) is 9.77. The summed E-state index contributed by atoms with van der Waals surface area (Å²) in [7, 11) is 0. The number of unbranched alkanes of at least 4 members (excludes halogenated alkanes) is 7. The van der Waals surface area contributed by atoms with Gasteiger partial charge in [0.1, 0.15) is 11.2 Å². The van der Waals surface area contributed by atoms with Gasteiger partial charge in [0.2, 0.25) is 0 Å². The molecule has 2 heterocycles. The molecule has 4 aliphatic rings. The fourth-order valence-electron chi connectivity index (χ4n) is 8.98. The molecule has 2 aliphatic carbocycles. The van der Waals surface area contributed by atoms with Crippen LogP contribution in [-0.4, -0.2) is 29.8 Å². The van der Waals surface area contributed by atoms with Gasteiger partial charge in [-0.05, 0) is 110 Å². The number of aryl methyl sites for hydroxylation is 1. The van der Waals surface area contributed by atoms with E-state index in [-0.39, 0.29) is 11.3 Å².